The Morgan fingerprint density at radius 2 is 2.13 bits per heavy atom. The molecule has 1 aromatic rings. The Labute approximate surface area is 136 Å². The van der Waals surface area contributed by atoms with Gasteiger partial charge >= 0.3 is 0 Å². The highest BCUT2D eigenvalue weighted by atomic mass is 16.5. The Hall–Kier alpha value is -1.92. The summed E-state index contributed by atoms with van der Waals surface area (Å²) in [6.45, 7) is 7.65. The minimum atomic E-state index is -0.212. The third kappa shape index (κ3) is 3.23. The first-order valence-corrected chi connectivity index (χ1v) is 8.34. The number of rotatable bonds is 3. The fourth-order valence-electron chi connectivity index (χ4n) is 3.52. The van der Waals surface area contributed by atoms with Crippen molar-refractivity contribution in [3.63, 3.8) is 0 Å². The Morgan fingerprint density at radius 1 is 1.35 bits per heavy atom. The molecule has 0 radical (unpaired) electrons. The number of hydrogen-bond donors (Lipinski definition) is 0. The van der Waals surface area contributed by atoms with Gasteiger partial charge in [-0.2, -0.15) is 4.98 Å². The lowest BCUT2D eigenvalue weighted by Crippen LogP contribution is -2.43. The SMILES string of the molecule is Cc1nc([C@@H]2CCCN(C(=O)[C@@H]3CC(=O)N(C(C)C)C3)C2)no1. The smallest absolute Gasteiger partial charge is 0.228 e. The minimum Gasteiger partial charge on any atom is -0.342 e. The van der Waals surface area contributed by atoms with Crippen molar-refractivity contribution in [2.24, 2.45) is 5.92 Å². The summed E-state index contributed by atoms with van der Waals surface area (Å²) >= 11 is 0. The van der Waals surface area contributed by atoms with Crippen molar-refractivity contribution in [1.29, 1.82) is 0 Å². The van der Waals surface area contributed by atoms with Gasteiger partial charge < -0.3 is 14.3 Å². The van der Waals surface area contributed by atoms with E-state index in [2.05, 4.69) is 10.1 Å². The highest BCUT2D eigenvalue weighted by Crippen LogP contribution is 2.28. The molecular weight excluding hydrogens is 296 g/mol. The van der Waals surface area contributed by atoms with E-state index in [-0.39, 0.29) is 29.7 Å². The van der Waals surface area contributed by atoms with Gasteiger partial charge in [-0.05, 0) is 26.7 Å². The Kier molecular flexibility index (Phi) is 4.37. The molecule has 3 heterocycles. The summed E-state index contributed by atoms with van der Waals surface area (Å²) in [7, 11) is 0. The Bertz CT molecular complexity index is 598. The predicted molar refractivity (Wildman–Crippen MR) is 82.5 cm³/mol. The predicted octanol–water partition coefficient (Wildman–Crippen LogP) is 1.34. The second kappa shape index (κ2) is 6.29. The molecule has 0 aliphatic carbocycles. The zero-order valence-corrected chi connectivity index (χ0v) is 14.0. The van der Waals surface area contributed by atoms with E-state index in [1.807, 2.05) is 18.7 Å². The lowest BCUT2D eigenvalue weighted by atomic mass is 9.95. The summed E-state index contributed by atoms with van der Waals surface area (Å²) in [5, 5.41) is 3.99. The van der Waals surface area contributed by atoms with E-state index in [0.717, 1.165) is 19.4 Å². The quantitative estimate of drug-likeness (QED) is 0.839. The maximum absolute atomic E-state index is 12.8. The molecule has 2 saturated heterocycles. The highest BCUT2D eigenvalue weighted by molar-refractivity contribution is 5.89. The molecule has 2 amide bonds. The zero-order chi connectivity index (χ0) is 16.6. The molecule has 0 saturated carbocycles. The molecule has 7 heteroatoms. The number of nitrogens with zero attached hydrogens (tertiary/aromatic N) is 4. The molecule has 3 rings (SSSR count). The van der Waals surface area contributed by atoms with Crippen LogP contribution in [0.5, 0.6) is 0 Å². The van der Waals surface area contributed by atoms with Gasteiger partial charge in [-0.25, -0.2) is 0 Å². The number of aryl methyl sites for hydroxylation is 1. The molecule has 2 fully saturated rings. The number of hydrogen-bond acceptors (Lipinski definition) is 5. The third-order valence-electron chi connectivity index (χ3n) is 4.77. The summed E-state index contributed by atoms with van der Waals surface area (Å²) in [5.41, 5.74) is 0. The van der Waals surface area contributed by atoms with Crippen LogP contribution in [0.1, 0.15) is 50.7 Å². The molecule has 2 atom stereocenters. The first kappa shape index (κ1) is 16.0. The lowest BCUT2D eigenvalue weighted by molar-refractivity contribution is -0.137. The van der Waals surface area contributed by atoms with Gasteiger partial charge in [0.05, 0.1) is 5.92 Å². The van der Waals surface area contributed by atoms with E-state index in [4.69, 9.17) is 4.52 Å². The van der Waals surface area contributed by atoms with Gasteiger partial charge in [0.25, 0.3) is 0 Å². The maximum atomic E-state index is 12.8. The van der Waals surface area contributed by atoms with Crippen LogP contribution in [0.2, 0.25) is 0 Å². The van der Waals surface area contributed by atoms with E-state index < -0.39 is 0 Å². The number of carbonyl (C=O) groups is 2. The molecule has 2 aliphatic rings. The van der Waals surface area contributed by atoms with Gasteiger partial charge in [-0.1, -0.05) is 5.16 Å². The topological polar surface area (TPSA) is 79.5 Å². The van der Waals surface area contributed by atoms with Crippen LogP contribution >= 0.6 is 0 Å². The molecule has 0 N–H and O–H groups in total. The molecular formula is C16H24N4O3. The molecule has 1 aromatic heterocycles. The van der Waals surface area contributed by atoms with Crippen LogP contribution in [0.15, 0.2) is 4.52 Å². The van der Waals surface area contributed by atoms with Crippen molar-refractivity contribution in [2.75, 3.05) is 19.6 Å². The van der Waals surface area contributed by atoms with E-state index >= 15 is 0 Å². The first-order chi connectivity index (χ1) is 11.0. The van der Waals surface area contributed by atoms with Crippen molar-refractivity contribution in [3.05, 3.63) is 11.7 Å². The largest absolute Gasteiger partial charge is 0.342 e. The number of amides is 2. The molecule has 126 valence electrons. The van der Waals surface area contributed by atoms with Crippen LogP contribution in [0.4, 0.5) is 0 Å². The summed E-state index contributed by atoms with van der Waals surface area (Å²) in [5.74, 6) is 1.33. The molecule has 0 unspecified atom stereocenters. The van der Waals surface area contributed by atoms with Crippen LogP contribution in [0.3, 0.4) is 0 Å². The number of likely N-dealkylation sites (tertiary alicyclic amines) is 2. The van der Waals surface area contributed by atoms with Gasteiger partial charge in [0.15, 0.2) is 5.82 Å². The first-order valence-electron chi connectivity index (χ1n) is 8.34. The van der Waals surface area contributed by atoms with Crippen LogP contribution in [-0.2, 0) is 9.59 Å². The van der Waals surface area contributed by atoms with Crippen LogP contribution < -0.4 is 0 Å². The number of carbonyl (C=O) groups excluding carboxylic acids is 2. The maximum Gasteiger partial charge on any atom is 0.228 e. The minimum absolute atomic E-state index is 0.0840. The van der Waals surface area contributed by atoms with E-state index in [0.29, 0.717) is 31.2 Å². The fraction of sp³-hybridized carbons (Fsp3) is 0.750. The molecule has 7 nitrogen and oxygen atoms in total. The Balaban J connectivity index is 1.65. The van der Waals surface area contributed by atoms with Crippen molar-refractivity contribution >= 4 is 11.8 Å². The molecule has 0 aromatic carbocycles. The summed E-state index contributed by atoms with van der Waals surface area (Å²) in [6, 6.07) is 0.150. The third-order valence-corrected chi connectivity index (χ3v) is 4.77. The van der Waals surface area contributed by atoms with Crippen LogP contribution in [-0.4, -0.2) is 57.4 Å². The lowest BCUT2D eigenvalue weighted by Gasteiger charge is -2.33. The summed E-state index contributed by atoms with van der Waals surface area (Å²) in [6.07, 6.45) is 2.22. The van der Waals surface area contributed by atoms with E-state index in [1.165, 1.54) is 0 Å². The average Bonchev–Trinajstić information content (AvgIpc) is 3.13. The van der Waals surface area contributed by atoms with Crippen molar-refractivity contribution < 1.29 is 14.1 Å². The van der Waals surface area contributed by atoms with Gasteiger partial charge in [-0.3, -0.25) is 9.59 Å². The van der Waals surface area contributed by atoms with Crippen LogP contribution in [0, 0.1) is 12.8 Å². The normalized spacial score (nSPS) is 25.5. The standard InChI is InChI=1S/C16H24N4O3/c1-10(2)20-9-13(7-14(20)21)16(22)19-6-4-5-12(8-19)15-17-11(3)23-18-15/h10,12-13H,4-9H2,1-3H3/t12-,13-/m1/s1. The van der Waals surface area contributed by atoms with Crippen molar-refractivity contribution in [3.8, 4) is 0 Å². The van der Waals surface area contributed by atoms with Gasteiger partial charge in [0, 0.05) is 44.9 Å². The van der Waals surface area contributed by atoms with Gasteiger partial charge in [0.2, 0.25) is 17.7 Å². The zero-order valence-electron chi connectivity index (χ0n) is 14.0. The number of piperidine rings is 1. The monoisotopic (exact) mass is 320 g/mol. The van der Waals surface area contributed by atoms with Gasteiger partial charge in [-0.15, -0.1) is 0 Å². The fourth-order valence-corrected chi connectivity index (χ4v) is 3.52. The van der Waals surface area contributed by atoms with Gasteiger partial charge in [0.1, 0.15) is 0 Å². The highest BCUT2D eigenvalue weighted by Gasteiger charge is 2.39. The molecule has 0 spiro atoms. The van der Waals surface area contributed by atoms with Crippen LogP contribution in [0.25, 0.3) is 0 Å². The van der Waals surface area contributed by atoms with Crippen molar-refractivity contribution in [1.82, 2.24) is 19.9 Å². The molecule has 2 aliphatic heterocycles. The van der Waals surface area contributed by atoms with Crippen molar-refractivity contribution in [2.45, 2.75) is 52.0 Å². The molecule has 23 heavy (non-hydrogen) atoms. The molecule has 0 bridgehead atoms. The Morgan fingerprint density at radius 3 is 2.74 bits per heavy atom. The van der Waals surface area contributed by atoms with E-state index in [1.54, 1.807) is 11.8 Å². The summed E-state index contributed by atoms with van der Waals surface area (Å²) in [4.78, 5) is 32.8. The second-order valence-corrected chi connectivity index (χ2v) is 6.84. The van der Waals surface area contributed by atoms with E-state index in [9.17, 15) is 9.59 Å². The number of aromatic nitrogens is 2. The summed E-state index contributed by atoms with van der Waals surface area (Å²) < 4.78 is 5.05. The second-order valence-electron chi connectivity index (χ2n) is 6.84. The average molecular weight is 320 g/mol.